The van der Waals surface area contributed by atoms with Crippen molar-refractivity contribution in [2.75, 3.05) is 13.7 Å². The van der Waals surface area contributed by atoms with Gasteiger partial charge >= 0.3 is 0 Å². The average molecular weight is 516 g/mol. The van der Waals surface area contributed by atoms with E-state index in [4.69, 9.17) is 16.3 Å². The van der Waals surface area contributed by atoms with Gasteiger partial charge in [-0.25, -0.2) is 4.99 Å². The summed E-state index contributed by atoms with van der Waals surface area (Å²) in [7, 11) is 1.73. The van der Waals surface area contributed by atoms with Gasteiger partial charge in [0, 0.05) is 17.1 Å². The molecule has 0 bridgehead atoms. The number of carbonyl (C=O) groups excluding carboxylic acids is 1. The predicted octanol–water partition coefficient (Wildman–Crippen LogP) is 7.28. The van der Waals surface area contributed by atoms with Crippen molar-refractivity contribution in [2.24, 2.45) is 4.99 Å². The number of carbonyl (C=O) groups is 1. The molecule has 0 unspecified atom stereocenters. The molecule has 3 aromatic carbocycles. The van der Waals surface area contributed by atoms with Crippen LogP contribution >= 0.6 is 39.3 Å². The van der Waals surface area contributed by atoms with Crippen LogP contribution in [0.2, 0.25) is 5.02 Å². The normalized spacial score (nSPS) is 16.6. The van der Waals surface area contributed by atoms with Crippen LogP contribution in [0.1, 0.15) is 18.9 Å². The van der Waals surface area contributed by atoms with Gasteiger partial charge in [0.1, 0.15) is 5.75 Å². The smallest absolute Gasteiger partial charge is 0.266 e. The maximum absolute atomic E-state index is 13.0. The molecule has 3 aromatic rings. The van der Waals surface area contributed by atoms with Crippen molar-refractivity contribution in [3.63, 3.8) is 0 Å². The van der Waals surface area contributed by atoms with Gasteiger partial charge in [0.05, 0.1) is 22.2 Å². The molecule has 0 spiro atoms. The third-order valence-electron chi connectivity index (χ3n) is 4.80. The summed E-state index contributed by atoms with van der Waals surface area (Å²) in [6, 6.07) is 17.6. The minimum atomic E-state index is -0.0960. The van der Waals surface area contributed by atoms with Crippen LogP contribution < -0.4 is 4.74 Å². The zero-order chi connectivity index (χ0) is 22.0. The number of aliphatic imine (C=N–C) groups is 1. The monoisotopic (exact) mass is 514 g/mol. The molecule has 1 heterocycles. The van der Waals surface area contributed by atoms with Gasteiger partial charge in [0.2, 0.25) is 0 Å². The Labute approximate surface area is 199 Å². The molecule has 1 saturated heterocycles. The third-order valence-corrected chi connectivity index (χ3v) is 7.09. The molecular weight excluding hydrogens is 496 g/mol. The van der Waals surface area contributed by atoms with Crippen LogP contribution in [0.25, 0.3) is 16.8 Å². The number of benzene rings is 3. The summed E-state index contributed by atoms with van der Waals surface area (Å²) in [6.07, 6.45) is 2.82. The van der Waals surface area contributed by atoms with Crippen LogP contribution in [0.4, 0.5) is 5.69 Å². The van der Waals surface area contributed by atoms with Crippen molar-refractivity contribution < 1.29 is 9.53 Å². The highest BCUT2D eigenvalue weighted by atomic mass is 79.9. The molecule has 7 heteroatoms. The third kappa shape index (κ3) is 4.66. The number of rotatable bonds is 5. The number of amidine groups is 1. The van der Waals surface area contributed by atoms with Gasteiger partial charge in [0.15, 0.2) is 5.17 Å². The number of amides is 1. The first-order valence-corrected chi connectivity index (χ1v) is 11.8. The molecule has 0 radical (unpaired) electrons. The molecule has 158 valence electrons. The Kier molecular flexibility index (Phi) is 6.70. The van der Waals surface area contributed by atoms with Crippen molar-refractivity contribution in [2.45, 2.75) is 13.3 Å². The van der Waals surface area contributed by atoms with E-state index in [1.165, 1.54) is 11.8 Å². The number of hydrogen-bond acceptors (Lipinski definition) is 4. The fraction of sp³-hybridized carbons (Fsp3) is 0.167. The van der Waals surface area contributed by atoms with E-state index in [2.05, 4.69) is 33.9 Å². The van der Waals surface area contributed by atoms with E-state index < -0.39 is 0 Å². The molecule has 0 aliphatic carbocycles. The van der Waals surface area contributed by atoms with E-state index in [9.17, 15) is 4.79 Å². The van der Waals surface area contributed by atoms with E-state index in [0.29, 0.717) is 27.4 Å². The Bertz CT molecular complexity index is 1230. The molecule has 4 nitrogen and oxygen atoms in total. The van der Waals surface area contributed by atoms with Gasteiger partial charge in [-0.05, 0) is 75.2 Å². The lowest BCUT2D eigenvalue weighted by Gasteiger charge is -2.12. The number of likely N-dealkylation sites (N-methyl/N-ethyl adjacent to an activating group) is 1. The fourth-order valence-electron chi connectivity index (χ4n) is 3.21. The Hall–Kier alpha value is -2.28. The van der Waals surface area contributed by atoms with Crippen molar-refractivity contribution in [1.82, 2.24) is 4.90 Å². The number of fused-ring (bicyclic) bond motifs is 1. The van der Waals surface area contributed by atoms with Crippen LogP contribution in [-0.4, -0.2) is 29.6 Å². The van der Waals surface area contributed by atoms with Crippen LogP contribution in [0.3, 0.4) is 0 Å². The molecular formula is C24H20BrClN2O2S. The zero-order valence-corrected chi connectivity index (χ0v) is 20.2. The summed E-state index contributed by atoms with van der Waals surface area (Å²) < 4.78 is 6.79. The molecule has 4 rings (SSSR count). The first kappa shape index (κ1) is 21.9. The minimum Gasteiger partial charge on any atom is -0.493 e. The highest BCUT2D eigenvalue weighted by molar-refractivity contribution is 9.10. The summed E-state index contributed by atoms with van der Waals surface area (Å²) in [6.45, 7) is 2.69. The largest absolute Gasteiger partial charge is 0.493 e. The Morgan fingerprint density at radius 1 is 1.19 bits per heavy atom. The lowest BCUT2D eigenvalue weighted by Crippen LogP contribution is -2.23. The van der Waals surface area contributed by atoms with Crippen molar-refractivity contribution in [3.8, 4) is 5.75 Å². The minimum absolute atomic E-state index is 0.0960. The maximum Gasteiger partial charge on any atom is 0.266 e. The second-order valence-electron chi connectivity index (χ2n) is 7.01. The molecule has 0 N–H and O–H groups in total. The lowest BCUT2D eigenvalue weighted by molar-refractivity contribution is -0.121. The number of ether oxygens (including phenoxy) is 1. The van der Waals surface area contributed by atoms with Crippen LogP contribution in [0, 0.1) is 0 Å². The summed E-state index contributed by atoms with van der Waals surface area (Å²) in [5, 5.41) is 3.32. The number of nitrogens with zero attached hydrogens (tertiary/aromatic N) is 2. The summed E-state index contributed by atoms with van der Waals surface area (Å²) in [5.41, 5.74) is 1.59. The predicted molar refractivity (Wildman–Crippen MR) is 134 cm³/mol. The summed E-state index contributed by atoms with van der Waals surface area (Å²) >= 11 is 10.9. The van der Waals surface area contributed by atoms with E-state index in [0.717, 1.165) is 33.0 Å². The first-order valence-electron chi connectivity index (χ1n) is 9.84. The zero-order valence-electron chi connectivity index (χ0n) is 17.1. The van der Waals surface area contributed by atoms with Crippen LogP contribution in [0.5, 0.6) is 5.75 Å². The SMILES string of the molecule is CCCOc1ccc2ccccc2c1/C=C1/SC(=Nc2ccc(Br)c(Cl)c2)N(C)C1=O. The van der Waals surface area contributed by atoms with E-state index >= 15 is 0 Å². The molecule has 1 aliphatic rings. The maximum atomic E-state index is 13.0. The van der Waals surface area contributed by atoms with Crippen molar-refractivity contribution >= 4 is 72.9 Å². The van der Waals surface area contributed by atoms with Gasteiger partial charge in [-0.15, -0.1) is 0 Å². The fourth-order valence-corrected chi connectivity index (χ4v) is 4.60. The average Bonchev–Trinajstić information content (AvgIpc) is 3.03. The number of halogens is 2. The van der Waals surface area contributed by atoms with Crippen molar-refractivity contribution in [1.29, 1.82) is 0 Å². The van der Waals surface area contributed by atoms with Gasteiger partial charge in [0.25, 0.3) is 5.91 Å². The molecule has 0 atom stereocenters. The first-order chi connectivity index (χ1) is 15.0. The molecule has 0 aromatic heterocycles. The molecule has 31 heavy (non-hydrogen) atoms. The summed E-state index contributed by atoms with van der Waals surface area (Å²) in [4.78, 5) is 19.8. The molecule has 0 saturated carbocycles. The number of thioether (sulfide) groups is 1. The van der Waals surface area contributed by atoms with Crippen LogP contribution in [-0.2, 0) is 4.79 Å². The van der Waals surface area contributed by atoms with E-state index in [1.807, 2.05) is 48.5 Å². The topological polar surface area (TPSA) is 41.9 Å². The molecule has 1 amide bonds. The summed E-state index contributed by atoms with van der Waals surface area (Å²) in [5.74, 6) is 0.676. The molecule has 1 aliphatic heterocycles. The van der Waals surface area contributed by atoms with Gasteiger partial charge < -0.3 is 4.74 Å². The van der Waals surface area contributed by atoms with Gasteiger partial charge in [-0.1, -0.05) is 48.9 Å². The van der Waals surface area contributed by atoms with E-state index in [1.54, 1.807) is 18.0 Å². The Morgan fingerprint density at radius 3 is 2.77 bits per heavy atom. The Morgan fingerprint density at radius 2 is 2.00 bits per heavy atom. The lowest BCUT2D eigenvalue weighted by atomic mass is 10.0. The highest BCUT2D eigenvalue weighted by Gasteiger charge is 2.31. The second-order valence-corrected chi connectivity index (χ2v) is 9.29. The second kappa shape index (κ2) is 9.47. The highest BCUT2D eigenvalue weighted by Crippen LogP contribution is 2.38. The quantitative estimate of drug-likeness (QED) is 0.335. The van der Waals surface area contributed by atoms with Crippen molar-refractivity contribution in [3.05, 3.63) is 74.6 Å². The Balaban J connectivity index is 1.75. The number of hydrogen-bond donors (Lipinski definition) is 0. The van der Waals surface area contributed by atoms with Gasteiger partial charge in [-0.2, -0.15) is 0 Å². The van der Waals surface area contributed by atoms with Crippen LogP contribution in [0.15, 0.2) is 69.0 Å². The van der Waals surface area contributed by atoms with E-state index in [-0.39, 0.29) is 5.91 Å². The van der Waals surface area contributed by atoms with Gasteiger partial charge in [-0.3, -0.25) is 9.69 Å². The standard InChI is InChI=1S/C24H20BrClN2O2S/c1-3-12-30-21-11-8-15-6-4-5-7-17(15)18(21)14-22-23(29)28(2)24(31-22)27-16-9-10-19(25)20(26)13-16/h4-11,13-14H,3,12H2,1-2H3/b22-14+,27-24?. The molecule has 1 fully saturated rings.